The first kappa shape index (κ1) is 17.2. The molecule has 0 saturated carbocycles. The van der Waals surface area contributed by atoms with Crippen LogP contribution in [0, 0.1) is 11.3 Å². The number of aryl methyl sites for hydroxylation is 1. The molecule has 0 heterocycles. The summed E-state index contributed by atoms with van der Waals surface area (Å²) in [5, 5.41) is 11.6. The average molecular weight is 290 g/mol. The summed E-state index contributed by atoms with van der Waals surface area (Å²) in [5.74, 6) is 0.0382. The first-order valence-electron chi connectivity index (χ1n) is 7.08. The first-order chi connectivity index (χ1) is 10.3. The molecule has 1 rings (SSSR count). The Balaban J connectivity index is 2.07. The van der Waals surface area contributed by atoms with Gasteiger partial charge in [-0.1, -0.05) is 12.1 Å². The number of amides is 1. The summed E-state index contributed by atoms with van der Waals surface area (Å²) in [5.41, 5.74) is 1.70. The van der Waals surface area contributed by atoms with Crippen LogP contribution in [-0.2, 0) is 20.7 Å². The Hall–Kier alpha value is -1.90. The minimum atomic E-state index is 0.0382. The Labute approximate surface area is 125 Å². The second-order valence-corrected chi connectivity index (χ2v) is 4.62. The van der Waals surface area contributed by atoms with E-state index in [0.717, 1.165) is 12.0 Å². The van der Waals surface area contributed by atoms with E-state index in [0.29, 0.717) is 44.8 Å². The van der Waals surface area contributed by atoms with Crippen molar-refractivity contribution in [3.63, 3.8) is 0 Å². The number of nitriles is 1. The predicted molar refractivity (Wildman–Crippen MR) is 79.8 cm³/mol. The molecule has 21 heavy (non-hydrogen) atoms. The zero-order chi connectivity index (χ0) is 15.3. The van der Waals surface area contributed by atoms with Crippen LogP contribution < -0.4 is 5.32 Å². The molecule has 5 heteroatoms. The SMILES string of the molecule is COCCOCCCNC(=O)CCc1ccc(C#N)cc1. The van der Waals surface area contributed by atoms with Gasteiger partial charge in [-0.2, -0.15) is 5.26 Å². The van der Waals surface area contributed by atoms with E-state index in [1.165, 1.54) is 0 Å². The van der Waals surface area contributed by atoms with Crippen molar-refractivity contribution in [2.75, 3.05) is 33.5 Å². The molecule has 0 atom stereocenters. The molecule has 1 aromatic carbocycles. The normalized spacial score (nSPS) is 10.1. The summed E-state index contributed by atoms with van der Waals surface area (Å²) in [6, 6.07) is 9.38. The lowest BCUT2D eigenvalue weighted by Gasteiger charge is -2.06. The number of carbonyl (C=O) groups excluding carboxylic acids is 1. The van der Waals surface area contributed by atoms with Crippen LogP contribution in [0.3, 0.4) is 0 Å². The van der Waals surface area contributed by atoms with Crippen LogP contribution in [0.15, 0.2) is 24.3 Å². The maximum absolute atomic E-state index is 11.7. The summed E-state index contributed by atoms with van der Waals surface area (Å²) in [6.45, 7) is 2.43. The number of ether oxygens (including phenoxy) is 2. The van der Waals surface area contributed by atoms with Crippen molar-refractivity contribution in [2.45, 2.75) is 19.3 Å². The molecular weight excluding hydrogens is 268 g/mol. The van der Waals surface area contributed by atoms with Gasteiger partial charge in [-0.25, -0.2) is 0 Å². The lowest BCUT2D eigenvalue weighted by molar-refractivity contribution is -0.121. The molecule has 0 bridgehead atoms. The van der Waals surface area contributed by atoms with Crippen LogP contribution in [0.2, 0.25) is 0 Å². The zero-order valence-electron chi connectivity index (χ0n) is 12.4. The van der Waals surface area contributed by atoms with Crippen LogP contribution >= 0.6 is 0 Å². The topological polar surface area (TPSA) is 71.3 Å². The highest BCUT2D eigenvalue weighted by Gasteiger charge is 2.02. The van der Waals surface area contributed by atoms with Gasteiger partial charge in [0.1, 0.15) is 0 Å². The van der Waals surface area contributed by atoms with E-state index in [-0.39, 0.29) is 5.91 Å². The van der Waals surface area contributed by atoms with Gasteiger partial charge >= 0.3 is 0 Å². The maximum Gasteiger partial charge on any atom is 0.220 e. The highest BCUT2D eigenvalue weighted by atomic mass is 16.5. The molecule has 0 unspecified atom stereocenters. The fourth-order valence-corrected chi connectivity index (χ4v) is 1.74. The van der Waals surface area contributed by atoms with Crippen LogP contribution in [0.1, 0.15) is 24.0 Å². The Morgan fingerprint density at radius 2 is 2.00 bits per heavy atom. The standard InChI is InChI=1S/C16H22N2O3/c1-20-11-12-21-10-2-9-18-16(19)8-7-14-3-5-15(13-17)6-4-14/h3-6H,2,7-12H2,1H3,(H,18,19). The highest BCUT2D eigenvalue weighted by Crippen LogP contribution is 2.05. The Bertz CT molecular complexity index is 452. The van der Waals surface area contributed by atoms with Crippen molar-refractivity contribution < 1.29 is 14.3 Å². The summed E-state index contributed by atoms with van der Waals surface area (Å²) in [6.07, 6.45) is 1.94. The number of hydrogen-bond donors (Lipinski definition) is 1. The van der Waals surface area contributed by atoms with Crippen LogP contribution in [-0.4, -0.2) is 39.4 Å². The number of rotatable bonds is 10. The molecule has 5 nitrogen and oxygen atoms in total. The van der Waals surface area contributed by atoms with Gasteiger partial charge < -0.3 is 14.8 Å². The number of hydrogen-bond acceptors (Lipinski definition) is 4. The molecule has 0 aliphatic heterocycles. The zero-order valence-corrected chi connectivity index (χ0v) is 12.4. The van der Waals surface area contributed by atoms with Crippen LogP contribution in [0.25, 0.3) is 0 Å². The average Bonchev–Trinajstić information content (AvgIpc) is 2.52. The third-order valence-corrected chi connectivity index (χ3v) is 2.94. The Morgan fingerprint density at radius 1 is 1.24 bits per heavy atom. The van der Waals surface area contributed by atoms with Gasteiger partial charge in [-0.15, -0.1) is 0 Å². The number of nitrogens with zero attached hydrogens (tertiary/aromatic N) is 1. The number of carbonyl (C=O) groups is 1. The Kier molecular flexibility index (Phi) is 8.85. The molecule has 1 amide bonds. The van der Waals surface area contributed by atoms with Gasteiger partial charge in [0.25, 0.3) is 0 Å². The van der Waals surface area contributed by atoms with E-state index >= 15 is 0 Å². The molecule has 1 aromatic rings. The molecule has 114 valence electrons. The molecule has 0 spiro atoms. The van der Waals surface area contributed by atoms with Crippen molar-refractivity contribution in [3.05, 3.63) is 35.4 Å². The highest BCUT2D eigenvalue weighted by molar-refractivity contribution is 5.76. The third-order valence-electron chi connectivity index (χ3n) is 2.94. The molecule has 0 aliphatic rings. The van der Waals surface area contributed by atoms with Crippen molar-refractivity contribution in [1.82, 2.24) is 5.32 Å². The first-order valence-corrected chi connectivity index (χ1v) is 7.08. The van der Waals surface area contributed by atoms with Gasteiger partial charge in [-0.05, 0) is 30.5 Å². The van der Waals surface area contributed by atoms with Gasteiger partial charge in [0.15, 0.2) is 0 Å². The molecular formula is C16H22N2O3. The van der Waals surface area contributed by atoms with E-state index in [1.54, 1.807) is 19.2 Å². The largest absolute Gasteiger partial charge is 0.382 e. The minimum Gasteiger partial charge on any atom is -0.382 e. The molecule has 0 aliphatic carbocycles. The van der Waals surface area contributed by atoms with Crippen LogP contribution in [0.4, 0.5) is 0 Å². The quantitative estimate of drug-likeness (QED) is 0.665. The monoisotopic (exact) mass is 290 g/mol. The van der Waals surface area contributed by atoms with E-state index < -0.39 is 0 Å². The van der Waals surface area contributed by atoms with Gasteiger partial charge in [0, 0.05) is 26.7 Å². The second kappa shape index (κ2) is 10.8. The maximum atomic E-state index is 11.7. The van der Waals surface area contributed by atoms with Gasteiger partial charge in [0.05, 0.1) is 24.8 Å². The summed E-state index contributed by atoms with van der Waals surface area (Å²) < 4.78 is 10.2. The fraction of sp³-hybridized carbons (Fsp3) is 0.500. The van der Waals surface area contributed by atoms with Crippen LogP contribution in [0.5, 0.6) is 0 Å². The lowest BCUT2D eigenvalue weighted by atomic mass is 10.1. The minimum absolute atomic E-state index is 0.0382. The fourth-order valence-electron chi connectivity index (χ4n) is 1.74. The summed E-state index contributed by atoms with van der Waals surface area (Å²) >= 11 is 0. The lowest BCUT2D eigenvalue weighted by Crippen LogP contribution is -2.25. The summed E-state index contributed by atoms with van der Waals surface area (Å²) in [4.78, 5) is 11.7. The third kappa shape index (κ3) is 8.08. The smallest absolute Gasteiger partial charge is 0.220 e. The number of nitrogens with one attached hydrogen (secondary N) is 1. The number of benzene rings is 1. The van der Waals surface area contributed by atoms with E-state index in [9.17, 15) is 4.79 Å². The molecule has 0 fully saturated rings. The number of methoxy groups -OCH3 is 1. The molecule has 0 saturated heterocycles. The predicted octanol–water partition coefficient (Wildman–Crippen LogP) is 1.66. The van der Waals surface area contributed by atoms with E-state index in [4.69, 9.17) is 14.7 Å². The van der Waals surface area contributed by atoms with E-state index in [2.05, 4.69) is 11.4 Å². The van der Waals surface area contributed by atoms with E-state index in [1.807, 2.05) is 12.1 Å². The van der Waals surface area contributed by atoms with Gasteiger partial charge in [-0.3, -0.25) is 4.79 Å². The Morgan fingerprint density at radius 3 is 2.67 bits per heavy atom. The summed E-state index contributed by atoms with van der Waals surface area (Å²) in [7, 11) is 1.64. The molecule has 1 N–H and O–H groups in total. The van der Waals surface area contributed by atoms with Crippen molar-refractivity contribution >= 4 is 5.91 Å². The second-order valence-electron chi connectivity index (χ2n) is 4.62. The van der Waals surface area contributed by atoms with Crippen molar-refractivity contribution in [3.8, 4) is 6.07 Å². The van der Waals surface area contributed by atoms with Crippen molar-refractivity contribution in [2.24, 2.45) is 0 Å². The van der Waals surface area contributed by atoms with Gasteiger partial charge in [0.2, 0.25) is 5.91 Å². The van der Waals surface area contributed by atoms with Crippen molar-refractivity contribution in [1.29, 1.82) is 5.26 Å². The molecule has 0 aromatic heterocycles. The molecule has 0 radical (unpaired) electrons.